The SMILES string of the molecule is Cn1c(=O)c(-c2ccccc2Cl)cc2cnc(S(C)=O)nc21. The number of nitrogens with zero attached hydrogens (tertiary/aromatic N) is 3. The van der Waals surface area contributed by atoms with Gasteiger partial charge in [-0.1, -0.05) is 29.8 Å². The fourth-order valence-corrected chi connectivity index (χ4v) is 2.90. The molecule has 7 heteroatoms. The highest BCUT2D eigenvalue weighted by atomic mass is 35.5. The standard InChI is InChI=1S/C15H12ClN3O2S/c1-19-13-9(8-17-15(18-13)22(2)21)7-11(14(19)20)10-5-3-4-6-12(10)16/h3-8H,1-2H3. The predicted molar refractivity (Wildman–Crippen MR) is 87.6 cm³/mol. The van der Waals surface area contributed by atoms with Gasteiger partial charge in [-0.15, -0.1) is 0 Å². The van der Waals surface area contributed by atoms with Crippen LogP contribution in [0.3, 0.4) is 0 Å². The molecule has 1 aromatic carbocycles. The van der Waals surface area contributed by atoms with Crippen LogP contribution in [0.4, 0.5) is 0 Å². The topological polar surface area (TPSA) is 64.8 Å². The first-order valence-corrected chi connectivity index (χ1v) is 8.38. The van der Waals surface area contributed by atoms with Crippen LogP contribution in [0.1, 0.15) is 0 Å². The summed E-state index contributed by atoms with van der Waals surface area (Å²) in [4.78, 5) is 20.9. The molecule has 0 aliphatic carbocycles. The van der Waals surface area contributed by atoms with E-state index in [1.165, 1.54) is 10.8 Å². The quantitative estimate of drug-likeness (QED) is 0.675. The Labute approximate surface area is 134 Å². The lowest BCUT2D eigenvalue weighted by Gasteiger charge is -2.09. The van der Waals surface area contributed by atoms with Gasteiger partial charge in [0.2, 0.25) is 5.16 Å². The van der Waals surface area contributed by atoms with E-state index in [0.29, 0.717) is 27.2 Å². The van der Waals surface area contributed by atoms with Crippen molar-refractivity contribution in [3.05, 3.63) is 51.9 Å². The number of hydrogen-bond acceptors (Lipinski definition) is 4. The zero-order valence-corrected chi connectivity index (χ0v) is 13.5. The molecule has 3 rings (SSSR count). The normalized spacial score (nSPS) is 12.5. The van der Waals surface area contributed by atoms with Crippen LogP contribution in [0.5, 0.6) is 0 Å². The first-order valence-electron chi connectivity index (χ1n) is 6.44. The summed E-state index contributed by atoms with van der Waals surface area (Å²) in [5.41, 5.74) is 1.37. The Hall–Kier alpha value is -2.05. The fraction of sp³-hybridized carbons (Fsp3) is 0.133. The van der Waals surface area contributed by atoms with Gasteiger partial charge in [-0.05, 0) is 12.1 Å². The molecule has 112 valence electrons. The molecule has 0 saturated heterocycles. The van der Waals surface area contributed by atoms with Crippen LogP contribution >= 0.6 is 11.6 Å². The number of benzene rings is 1. The summed E-state index contributed by atoms with van der Waals surface area (Å²) in [6, 6.07) is 8.87. The Bertz CT molecular complexity index is 969. The van der Waals surface area contributed by atoms with Crippen LogP contribution in [-0.2, 0) is 17.8 Å². The Balaban J connectivity index is 2.34. The van der Waals surface area contributed by atoms with E-state index in [4.69, 9.17) is 11.6 Å². The zero-order valence-electron chi connectivity index (χ0n) is 11.9. The number of halogens is 1. The molecule has 0 saturated carbocycles. The maximum Gasteiger partial charge on any atom is 0.259 e. The van der Waals surface area contributed by atoms with Gasteiger partial charge in [-0.2, -0.15) is 0 Å². The van der Waals surface area contributed by atoms with E-state index in [-0.39, 0.29) is 10.7 Å². The van der Waals surface area contributed by atoms with Gasteiger partial charge in [0.25, 0.3) is 5.56 Å². The average Bonchev–Trinajstić information content (AvgIpc) is 2.51. The number of fused-ring (bicyclic) bond motifs is 1. The van der Waals surface area contributed by atoms with E-state index >= 15 is 0 Å². The number of aryl methyl sites for hydroxylation is 1. The minimum absolute atomic E-state index is 0.202. The van der Waals surface area contributed by atoms with Crippen LogP contribution in [0.15, 0.2) is 46.5 Å². The monoisotopic (exact) mass is 333 g/mol. The van der Waals surface area contributed by atoms with E-state index < -0.39 is 10.8 Å². The Morgan fingerprint density at radius 2 is 1.95 bits per heavy atom. The lowest BCUT2D eigenvalue weighted by molar-refractivity contribution is 0.679. The Morgan fingerprint density at radius 1 is 1.23 bits per heavy atom. The summed E-state index contributed by atoms with van der Waals surface area (Å²) in [6.45, 7) is 0. The van der Waals surface area contributed by atoms with Crippen LogP contribution in [0.25, 0.3) is 22.2 Å². The third-order valence-corrected chi connectivity index (χ3v) is 4.39. The summed E-state index contributed by atoms with van der Waals surface area (Å²) in [5, 5.41) is 1.39. The van der Waals surface area contributed by atoms with E-state index in [9.17, 15) is 9.00 Å². The van der Waals surface area contributed by atoms with Crippen molar-refractivity contribution < 1.29 is 4.21 Å². The van der Waals surface area contributed by atoms with Crippen molar-refractivity contribution in [2.45, 2.75) is 5.16 Å². The molecule has 0 spiro atoms. The van der Waals surface area contributed by atoms with Crippen molar-refractivity contribution >= 4 is 33.4 Å². The molecule has 3 aromatic rings. The lowest BCUT2D eigenvalue weighted by atomic mass is 10.1. The van der Waals surface area contributed by atoms with Gasteiger partial charge < -0.3 is 0 Å². The maximum absolute atomic E-state index is 12.6. The van der Waals surface area contributed by atoms with Gasteiger partial charge in [0.1, 0.15) is 5.65 Å². The minimum Gasteiger partial charge on any atom is -0.295 e. The second-order valence-corrected chi connectivity index (χ2v) is 6.47. The number of pyridine rings is 1. The zero-order chi connectivity index (χ0) is 15.9. The molecular formula is C15H12ClN3O2S. The van der Waals surface area contributed by atoms with Gasteiger partial charge >= 0.3 is 0 Å². The third-order valence-electron chi connectivity index (χ3n) is 3.35. The number of hydrogen-bond donors (Lipinski definition) is 0. The highest BCUT2D eigenvalue weighted by Crippen LogP contribution is 2.26. The Morgan fingerprint density at radius 3 is 2.64 bits per heavy atom. The van der Waals surface area contributed by atoms with Crippen LogP contribution in [-0.4, -0.2) is 25.0 Å². The molecule has 2 aromatic heterocycles. The highest BCUT2D eigenvalue weighted by molar-refractivity contribution is 7.84. The number of rotatable bonds is 2. The molecule has 0 bridgehead atoms. The number of aromatic nitrogens is 3. The summed E-state index contributed by atoms with van der Waals surface area (Å²) in [6.07, 6.45) is 3.07. The molecule has 1 unspecified atom stereocenters. The van der Waals surface area contributed by atoms with Crippen LogP contribution in [0.2, 0.25) is 5.02 Å². The summed E-state index contributed by atoms with van der Waals surface area (Å²) >= 11 is 6.18. The molecule has 0 N–H and O–H groups in total. The second-order valence-electron chi connectivity index (χ2n) is 4.79. The average molecular weight is 334 g/mol. The predicted octanol–water partition coefficient (Wildman–Crippen LogP) is 2.39. The molecule has 22 heavy (non-hydrogen) atoms. The van der Waals surface area contributed by atoms with Crippen LogP contribution in [0, 0.1) is 0 Å². The van der Waals surface area contributed by atoms with Crippen molar-refractivity contribution in [3.63, 3.8) is 0 Å². The van der Waals surface area contributed by atoms with E-state index in [2.05, 4.69) is 9.97 Å². The molecule has 5 nitrogen and oxygen atoms in total. The van der Waals surface area contributed by atoms with E-state index in [1.807, 2.05) is 12.1 Å². The molecule has 1 atom stereocenters. The van der Waals surface area contributed by atoms with Gasteiger partial charge in [0.15, 0.2) is 0 Å². The highest BCUT2D eigenvalue weighted by Gasteiger charge is 2.13. The molecule has 0 amide bonds. The first-order chi connectivity index (χ1) is 10.5. The van der Waals surface area contributed by atoms with Gasteiger partial charge in [0, 0.05) is 41.0 Å². The molecular weight excluding hydrogens is 322 g/mol. The van der Waals surface area contributed by atoms with Crippen LogP contribution < -0.4 is 5.56 Å². The van der Waals surface area contributed by atoms with E-state index in [0.717, 1.165) is 0 Å². The third kappa shape index (κ3) is 2.44. The van der Waals surface area contributed by atoms with E-state index in [1.54, 1.807) is 31.4 Å². The van der Waals surface area contributed by atoms with Crippen molar-refractivity contribution in [1.29, 1.82) is 0 Å². The van der Waals surface area contributed by atoms with Crippen molar-refractivity contribution in [1.82, 2.24) is 14.5 Å². The molecule has 0 radical (unpaired) electrons. The molecule has 2 heterocycles. The second kappa shape index (κ2) is 5.62. The fourth-order valence-electron chi connectivity index (χ4n) is 2.24. The molecule has 0 aliphatic rings. The van der Waals surface area contributed by atoms with Gasteiger partial charge in [-0.3, -0.25) is 13.6 Å². The summed E-state index contributed by atoms with van der Waals surface area (Å²) in [5.74, 6) is 0. The van der Waals surface area contributed by atoms with Gasteiger partial charge in [0.05, 0.1) is 10.8 Å². The summed E-state index contributed by atoms with van der Waals surface area (Å²) in [7, 11) is 0.322. The largest absolute Gasteiger partial charge is 0.295 e. The van der Waals surface area contributed by atoms with Crippen molar-refractivity contribution in [3.8, 4) is 11.1 Å². The minimum atomic E-state index is -1.30. The molecule has 0 fully saturated rings. The van der Waals surface area contributed by atoms with Gasteiger partial charge in [-0.25, -0.2) is 9.97 Å². The summed E-state index contributed by atoms with van der Waals surface area (Å²) < 4.78 is 12.9. The molecule has 0 aliphatic heterocycles. The maximum atomic E-state index is 12.6. The lowest BCUT2D eigenvalue weighted by Crippen LogP contribution is -2.20. The smallest absolute Gasteiger partial charge is 0.259 e. The Kier molecular flexibility index (Phi) is 3.80. The van der Waals surface area contributed by atoms with Crippen molar-refractivity contribution in [2.75, 3.05) is 6.26 Å². The van der Waals surface area contributed by atoms with Crippen molar-refractivity contribution in [2.24, 2.45) is 7.05 Å². The first kappa shape index (κ1) is 14.9.